The van der Waals surface area contributed by atoms with E-state index >= 15 is 0 Å². The molecule has 1 saturated heterocycles. The minimum absolute atomic E-state index is 0.105. The van der Waals surface area contributed by atoms with Crippen molar-refractivity contribution in [2.75, 3.05) is 26.2 Å². The first-order valence-corrected chi connectivity index (χ1v) is 13.2. The smallest absolute Gasteiger partial charge is 0.252 e. The quantitative estimate of drug-likeness (QED) is 0.560. The largest absolute Gasteiger partial charge is 0.486 e. The van der Waals surface area contributed by atoms with Gasteiger partial charge in [-0.15, -0.1) is 0 Å². The van der Waals surface area contributed by atoms with Crippen LogP contribution in [0.15, 0.2) is 58.2 Å². The van der Waals surface area contributed by atoms with Crippen molar-refractivity contribution < 1.29 is 22.7 Å². The Hall–Kier alpha value is -3.37. The van der Waals surface area contributed by atoms with Crippen LogP contribution < -0.4 is 20.3 Å². The van der Waals surface area contributed by atoms with Crippen LogP contribution in [0.4, 0.5) is 0 Å². The van der Waals surface area contributed by atoms with Crippen molar-refractivity contribution in [3.05, 3.63) is 64.4 Å². The van der Waals surface area contributed by atoms with Gasteiger partial charge in [-0.2, -0.15) is 4.31 Å². The third kappa shape index (κ3) is 4.89. The molecule has 3 aromatic rings. The normalized spacial score (nSPS) is 18.7. The number of nitrogens with zero attached hydrogens (tertiary/aromatic N) is 1. The van der Waals surface area contributed by atoms with E-state index in [1.165, 1.54) is 28.6 Å². The summed E-state index contributed by atoms with van der Waals surface area (Å²) in [5, 5.41) is 3.16. The number of carbonyl (C=O) groups excluding carboxylic acids is 1. The Morgan fingerprint density at radius 2 is 1.77 bits per heavy atom. The maximum absolute atomic E-state index is 13.3. The van der Waals surface area contributed by atoms with E-state index in [-0.39, 0.29) is 23.6 Å². The van der Waals surface area contributed by atoms with E-state index in [2.05, 4.69) is 10.3 Å². The molecule has 5 rings (SSSR count). The molecule has 1 atom stereocenters. The predicted molar refractivity (Wildman–Crippen MR) is 130 cm³/mol. The number of ether oxygens (including phenoxy) is 2. The van der Waals surface area contributed by atoms with Gasteiger partial charge in [0.25, 0.3) is 5.91 Å². The van der Waals surface area contributed by atoms with E-state index in [0.717, 1.165) is 25.7 Å². The zero-order valence-electron chi connectivity index (χ0n) is 19.2. The molecule has 184 valence electrons. The summed E-state index contributed by atoms with van der Waals surface area (Å²) < 4.78 is 39.6. The molecular weight excluding hydrogens is 470 g/mol. The monoisotopic (exact) mass is 497 g/mol. The number of benzene rings is 2. The molecule has 1 amide bonds. The second-order valence-electron chi connectivity index (χ2n) is 8.78. The Balaban J connectivity index is 1.39. The average Bonchev–Trinajstić information content (AvgIpc) is 3.17. The van der Waals surface area contributed by atoms with Crippen LogP contribution in [0.2, 0.25) is 0 Å². The van der Waals surface area contributed by atoms with E-state index in [1.807, 2.05) is 18.2 Å². The topological polar surface area (TPSA) is 118 Å². The number of aromatic nitrogens is 1. The van der Waals surface area contributed by atoms with Gasteiger partial charge in [0.2, 0.25) is 15.6 Å². The summed E-state index contributed by atoms with van der Waals surface area (Å²) in [5.41, 5.74) is 0.0504. The van der Waals surface area contributed by atoms with E-state index in [4.69, 9.17) is 9.47 Å². The fourth-order valence-electron chi connectivity index (χ4n) is 4.48. The van der Waals surface area contributed by atoms with Crippen molar-refractivity contribution >= 4 is 26.8 Å². The highest BCUT2D eigenvalue weighted by atomic mass is 32.2. The molecule has 0 saturated carbocycles. The number of hydrogen-bond donors (Lipinski definition) is 2. The summed E-state index contributed by atoms with van der Waals surface area (Å²) in [6.07, 6.45) is 3.27. The maximum atomic E-state index is 13.3. The highest BCUT2D eigenvalue weighted by molar-refractivity contribution is 7.89. The second kappa shape index (κ2) is 9.71. The van der Waals surface area contributed by atoms with Crippen LogP contribution >= 0.6 is 0 Å². The van der Waals surface area contributed by atoms with Crippen LogP contribution in [0.1, 0.15) is 36.0 Å². The van der Waals surface area contributed by atoms with Crippen LogP contribution in [0.3, 0.4) is 0 Å². The maximum Gasteiger partial charge on any atom is 0.252 e. The van der Waals surface area contributed by atoms with Crippen LogP contribution in [-0.2, 0) is 10.0 Å². The minimum Gasteiger partial charge on any atom is -0.486 e. The molecule has 0 aliphatic carbocycles. The number of fused-ring (bicyclic) bond motifs is 2. The zero-order valence-corrected chi connectivity index (χ0v) is 20.0. The molecule has 10 heteroatoms. The van der Waals surface area contributed by atoms with Crippen molar-refractivity contribution in [1.29, 1.82) is 0 Å². The number of rotatable bonds is 5. The third-order valence-corrected chi connectivity index (χ3v) is 8.21. The summed E-state index contributed by atoms with van der Waals surface area (Å²) >= 11 is 0. The standard InChI is InChI=1S/C25H27N3O6S/c29-24-14-20(25(30)26-15-17-16-33-22-7-3-4-8-23(22)34-17)19-13-18(9-10-21(19)27-24)35(31,32)28-11-5-1-2-6-12-28/h3-4,7-10,13-14,17H,1-2,5-6,11-12,15-16H2,(H,26,30)(H,27,29)/t17-/m1/s1. The molecule has 0 unspecified atom stereocenters. The molecule has 2 aromatic carbocycles. The van der Waals surface area contributed by atoms with Gasteiger partial charge in [-0.1, -0.05) is 25.0 Å². The molecule has 0 spiro atoms. The molecular formula is C25H27N3O6S. The number of carbonyl (C=O) groups is 1. The molecule has 35 heavy (non-hydrogen) atoms. The van der Waals surface area contributed by atoms with E-state index in [1.54, 1.807) is 6.07 Å². The molecule has 3 heterocycles. The van der Waals surface area contributed by atoms with E-state index in [9.17, 15) is 18.0 Å². The van der Waals surface area contributed by atoms with Crippen LogP contribution in [0.5, 0.6) is 11.5 Å². The van der Waals surface area contributed by atoms with E-state index in [0.29, 0.717) is 35.5 Å². The van der Waals surface area contributed by atoms with Gasteiger partial charge < -0.3 is 19.8 Å². The fourth-order valence-corrected chi connectivity index (χ4v) is 6.02. The van der Waals surface area contributed by atoms with Gasteiger partial charge in [0, 0.05) is 30.1 Å². The highest BCUT2D eigenvalue weighted by Crippen LogP contribution is 2.31. The number of para-hydroxylation sites is 2. The highest BCUT2D eigenvalue weighted by Gasteiger charge is 2.27. The lowest BCUT2D eigenvalue weighted by atomic mass is 10.1. The van der Waals surface area contributed by atoms with Crippen LogP contribution in [0.25, 0.3) is 10.9 Å². The Morgan fingerprint density at radius 1 is 1.03 bits per heavy atom. The zero-order chi connectivity index (χ0) is 24.4. The van der Waals surface area contributed by atoms with Crippen molar-refractivity contribution in [3.63, 3.8) is 0 Å². The number of H-pyrrole nitrogens is 1. The predicted octanol–water partition coefficient (Wildman–Crippen LogP) is 2.66. The lowest BCUT2D eigenvalue weighted by Crippen LogP contribution is -2.41. The number of hydrogen-bond acceptors (Lipinski definition) is 6. The van der Waals surface area contributed by atoms with Gasteiger partial charge in [0.1, 0.15) is 12.7 Å². The Bertz CT molecular complexity index is 1410. The molecule has 0 bridgehead atoms. The molecule has 2 N–H and O–H groups in total. The summed E-state index contributed by atoms with van der Waals surface area (Å²) in [7, 11) is -3.71. The van der Waals surface area contributed by atoms with Crippen molar-refractivity contribution in [1.82, 2.24) is 14.6 Å². The fraction of sp³-hybridized carbons (Fsp3) is 0.360. The second-order valence-corrected chi connectivity index (χ2v) is 10.7. The molecule has 2 aliphatic heterocycles. The Labute approximate surface area is 203 Å². The van der Waals surface area contributed by atoms with Crippen LogP contribution in [-0.4, -0.2) is 56.0 Å². The first kappa shape index (κ1) is 23.4. The Morgan fingerprint density at radius 3 is 2.54 bits per heavy atom. The van der Waals surface area contributed by atoms with Crippen molar-refractivity contribution in [3.8, 4) is 11.5 Å². The van der Waals surface area contributed by atoms with Gasteiger partial charge in [0.05, 0.1) is 17.0 Å². The summed E-state index contributed by atoms with van der Waals surface area (Å²) in [4.78, 5) is 28.1. The lowest BCUT2D eigenvalue weighted by molar-refractivity contribution is 0.0790. The first-order chi connectivity index (χ1) is 16.9. The number of aromatic amines is 1. The molecule has 1 aromatic heterocycles. The first-order valence-electron chi connectivity index (χ1n) is 11.8. The average molecular weight is 498 g/mol. The lowest BCUT2D eigenvalue weighted by Gasteiger charge is -2.26. The van der Waals surface area contributed by atoms with Gasteiger partial charge in [-0.3, -0.25) is 9.59 Å². The van der Waals surface area contributed by atoms with Gasteiger partial charge in [-0.25, -0.2) is 8.42 Å². The number of amides is 1. The van der Waals surface area contributed by atoms with Crippen molar-refractivity contribution in [2.24, 2.45) is 0 Å². The third-order valence-electron chi connectivity index (χ3n) is 6.32. The van der Waals surface area contributed by atoms with Crippen molar-refractivity contribution in [2.45, 2.75) is 36.7 Å². The summed E-state index contributed by atoms with van der Waals surface area (Å²) in [5.74, 6) is 0.754. The van der Waals surface area contributed by atoms with E-state index < -0.39 is 27.6 Å². The number of nitrogens with one attached hydrogen (secondary N) is 2. The van der Waals surface area contributed by atoms with Gasteiger partial charge in [0.15, 0.2) is 11.5 Å². The van der Waals surface area contributed by atoms with Crippen LogP contribution in [0, 0.1) is 0 Å². The molecule has 2 aliphatic rings. The number of pyridine rings is 1. The number of sulfonamides is 1. The summed E-state index contributed by atoms with van der Waals surface area (Å²) in [6, 6.07) is 13.0. The molecule has 1 fully saturated rings. The Kier molecular flexibility index (Phi) is 6.48. The minimum atomic E-state index is -3.71. The SMILES string of the molecule is O=C(NC[C@@H]1COc2ccccc2O1)c1cc(=O)[nH]c2ccc(S(=O)(=O)N3CCCCCC3)cc12. The summed E-state index contributed by atoms with van der Waals surface area (Å²) in [6.45, 7) is 1.39. The molecule has 0 radical (unpaired) electrons. The molecule has 9 nitrogen and oxygen atoms in total. The van der Waals surface area contributed by atoms with Gasteiger partial charge >= 0.3 is 0 Å². The van der Waals surface area contributed by atoms with Gasteiger partial charge in [-0.05, 0) is 43.2 Å².